The van der Waals surface area contributed by atoms with E-state index in [2.05, 4.69) is 16.0 Å². The van der Waals surface area contributed by atoms with Crippen LogP contribution in [0.15, 0.2) is 24.3 Å². The number of urea groups is 1. The minimum absolute atomic E-state index is 0.197. The molecule has 0 bridgehead atoms. The molecule has 1 aliphatic rings. The van der Waals surface area contributed by atoms with Crippen molar-refractivity contribution in [3.8, 4) is 5.75 Å². The Morgan fingerprint density at radius 3 is 2.62 bits per heavy atom. The second-order valence-electron chi connectivity index (χ2n) is 6.08. The van der Waals surface area contributed by atoms with Gasteiger partial charge in [0, 0.05) is 18.7 Å². The first kappa shape index (κ1) is 18.1. The maximum Gasteiger partial charge on any atom is 0.315 e. The average molecular weight is 333 g/mol. The van der Waals surface area contributed by atoms with Gasteiger partial charge in [-0.1, -0.05) is 18.2 Å². The molecule has 1 aromatic rings. The van der Waals surface area contributed by atoms with Crippen LogP contribution >= 0.6 is 0 Å². The number of para-hydroxylation sites is 1. The van der Waals surface area contributed by atoms with Crippen molar-refractivity contribution in [2.24, 2.45) is 0 Å². The van der Waals surface area contributed by atoms with Gasteiger partial charge in [-0.05, 0) is 45.6 Å². The highest BCUT2D eigenvalue weighted by atomic mass is 16.5. The fourth-order valence-corrected chi connectivity index (χ4v) is 2.77. The van der Waals surface area contributed by atoms with Gasteiger partial charge in [-0.25, -0.2) is 4.79 Å². The molecule has 1 atom stereocenters. The van der Waals surface area contributed by atoms with Gasteiger partial charge in [0.05, 0.1) is 6.10 Å². The van der Waals surface area contributed by atoms with Crippen molar-refractivity contribution in [3.05, 3.63) is 29.8 Å². The van der Waals surface area contributed by atoms with E-state index in [1.807, 2.05) is 31.2 Å². The summed E-state index contributed by atoms with van der Waals surface area (Å²) in [5, 5.41) is 8.08. The van der Waals surface area contributed by atoms with Crippen molar-refractivity contribution in [2.75, 3.05) is 6.54 Å². The number of nitrogens with one attached hydrogen (secondary N) is 3. The predicted molar refractivity (Wildman–Crippen MR) is 92.8 cm³/mol. The van der Waals surface area contributed by atoms with Gasteiger partial charge in [-0.15, -0.1) is 0 Å². The Morgan fingerprint density at radius 2 is 1.92 bits per heavy atom. The van der Waals surface area contributed by atoms with E-state index < -0.39 is 6.04 Å². The average Bonchev–Trinajstić information content (AvgIpc) is 3.07. The summed E-state index contributed by atoms with van der Waals surface area (Å²) in [6.07, 6.45) is 4.88. The van der Waals surface area contributed by atoms with Gasteiger partial charge in [-0.3, -0.25) is 4.79 Å². The highest BCUT2D eigenvalue weighted by molar-refractivity contribution is 5.86. The monoisotopic (exact) mass is 333 g/mol. The van der Waals surface area contributed by atoms with E-state index in [4.69, 9.17) is 4.74 Å². The number of ether oxygens (including phenoxy) is 1. The summed E-state index contributed by atoms with van der Waals surface area (Å²) in [4.78, 5) is 23.6. The van der Waals surface area contributed by atoms with E-state index in [0.717, 1.165) is 24.2 Å². The van der Waals surface area contributed by atoms with Crippen molar-refractivity contribution in [1.82, 2.24) is 16.0 Å². The number of amides is 3. The van der Waals surface area contributed by atoms with Gasteiger partial charge < -0.3 is 20.7 Å². The van der Waals surface area contributed by atoms with E-state index >= 15 is 0 Å². The number of rotatable bonds is 7. The van der Waals surface area contributed by atoms with Crippen molar-refractivity contribution in [3.63, 3.8) is 0 Å². The molecule has 0 saturated heterocycles. The molecular weight excluding hydrogens is 306 g/mol. The van der Waals surface area contributed by atoms with Gasteiger partial charge in [0.1, 0.15) is 11.8 Å². The Morgan fingerprint density at radius 1 is 1.21 bits per heavy atom. The first-order chi connectivity index (χ1) is 11.6. The number of carbonyl (C=O) groups excluding carboxylic acids is 2. The lowest BCUT2D eigenvalue weighted by Crippen LogP contribution is -2.48. The fourth-order valence-electron chi connectivity index (χ4n) is 2.77. The summed E-state index contributed by atoms with van der Waals surface area (Å²) >= 11 is 0. The van der Waals surface area contributed by atoms with Crippen LogP contribution in [0.25, 0.3) is 0 Å². The van der Waals surface area contributed by atoms with Crippen LogP contribution in [0.5, 0.6) is 5.75 Å². The first-order valence-electron chi connectivity index (χ1n) is 8.66. The van der Waals surface area contributed by atoms with Crippen molar-refractivity contribution in [1.29, 1.82) is 0 Å². The molecule has 0 spiro atoms. The molecule has 0 unspecified atom stereocenters. The standard InChI is InChI=1S/C18H27N3O3/c1-3-19-17(22)13(2)21-18(23)20-12-14-8-4-7-11-16(14)24-15-9-5-6-10-15/h4,7-8,11,13,15H,3,5-6,9-10,12H2,1-2H3,(H,19,22)(H2,20,21,23)/t13-/m0/s1. The molecule has 3 amide bonds. The minimum Gasteiger partial charge on any atom is -0.490 e. The number of hydrogen-bond acceptors (Lipinski definition) is 3. The van der Waals surface area contributed by atoms with Gasteiger partial charge in [0.15, 0.2) is 0 Å². The molecule has 3 N–H and O–H groups in total. The lowest BCUT2D eigenvalue weighted by Gasteiger charge is -2.18. The maximum atomic E-state index is 11.9. The molecule has 1 saturated carbocycles. The summed E-state index contributed by atoms with van der Waals surface area (Å²) in [5.41, 5.74) is 0.935. The minimum atomic E-state index is -0.574. The third-order valence-electron chi connectivity index (χ3n) is 4.10. The second-order valence-corrected chi connectivity index (χ2v) is 6.08. The van der Waals surface area contributed by atoms with E-state index in [0.29, 0.717) is 13.1 Å². The zero-order valence-corrected chi connectivity index (χ0v) is 14.4. The third kappa shape index (κ3) is 5.44. The molecular formula is C18H27N3O3. The number of carbonyl (C=O) groups is 2. The van der Waals surface area contributed by atoms with Crippen LogP contribution in [0.2, 0.25) is 0 Å². The van der Waals surface area contributed by atoms with Crippen molar-refractivity contribution < 1.29 is 14.3 Å². The third-order valence-corrected chi connectivity index (χ3v) is 4.10. The molecule has 0 heterocycles. The van der Waals surface area contributed by atoms with E-state index in [1.54, 1.807) is 6.92 Å². The molecule has 0 aromatic heterocycles. The van der Waals surface area contributed by atoms with Gasteiger partial charge in [0.25, 0.3) is 0 Å². The van der Waals surface area contributed by atoms with Crippen LogP contribution in [0.4, 0.5) is 4.79 Å². The Balaban J connectivity index is 1.84. The lowest BCUT2D eigenvalue weighted by atomic mass is 10.2. The van der Waals surface area contributed by atoms with Gasteiger partial charge >= 0.3 is 6.03 Å². The summed E-state index contributed by atoms with van der Waals surface area (Å²) in [6.45, 7) is 4.39. The zero-order chi connectivity index (χ0) is 17.4. The van der Waals surface area contributed by atoms with Gasteiger partial charge in [0.2, 0.25) is 5.91 Å². The normalized spacial score (nSPS) is 15.6. The SMILES string of the molecule is CCNC(=O)[C@H](C)NC(=O)NCc1ccccc1OC1CCCC1. The lowest BCUT2D eigenvalue weighted by molar-refractivity contribution is -0.122. The molecule has 132 valence electrons. The van der Waals surface area contributed by atoms with E-state index in [9.17, 15) is 9.59 Å². The number of benzene rings is 1. The van der Waals surface area contributed by atoms with Crippen LogP contribution in [-0.4, -0.2) is 30.6 Å². The number of hydrogen-bond donors (Lipinski definition) is 3. The predicted octanol–water partition coefficient (Wildman–Crippen LogP) is 2.33. The van der Waals surface area contributed by atoms with Crippen molar-refractivity contribution in [2.45, 2.75) is 58.2 Å². The Hall–Kier alpha value is -2.24. The molecule has 0 radical (unpaired) electrons. The van der Waals surface area contributed by atoms with Crippen LogP contribution in [0.3, 0.4) is 0 Å². The molecule has 6 nitrogen and oxygen atoms in total. The summed E-state index contributed by atoms with van der Waals surface area (Å²) in [7, 11) is 0. The van der Waals surface area contributed by atoms with E-state index in [1.165, 1.54) is 12.8 Å². The van der Waals surface area contributed by atoms with Crippen molar-refractivity contribution >= 4 is 11.9 Å². The van der Waals surface area contributed by atoms with E-state index in [-0.39, 0.29) is 18.0 Å². The van der Waals surface area contributed by atoms with Crippen LogP contribution in [-0.2, 0) is 11.3 Å². The first-order valence-corrected chi connectivity index (χ1v) is 8.66. The Bertz CT molecular complexity index is 556. The maximum absolute atomic E-state index is 11.9. The molecule has 1 fully saturated rings. The summed E-state index contributed by atoms with van der Waals surface area (Å²) in [6, 6.07) is 6.79. The van der Waals surface area contributed by atoms with Gasteiger partial charge in [-0.2, -0.15) is 0 Å². The van der Waals surface area contributed by atoms with Crippen LogP contribution in [0, 0.1) is 0 Å². The second kappa shape index (κ2) is 9.15. The molecule has 1 aromatic carbocycles. The largest absolute Gasteiger partial charge is 0.490 e. The quantitative estimate of drug-likeness (QED) is 0.716. The summed E-state index contributed by atoms with van der Waals surface area (Å²) in [5.74, 6) is 0.624. The zero-order valence-electron chi connectivity index (χ0n) is 14.4. The molecule has 24 heavy (non-hydrogen) atoms. The summed E-state index contributed by atoms with van der Waals surface area (Å²) < 4.78 is 6.05. The van der Waals surface area contributed by atoms with Crippen LogP contribution < -0.4 is 20.7 Å². The van der Waals surface area contributed by atoms with Crippen LogP contribution in [0.1, 0.15) is 45.1 Å². The number of likely N-dealkylation sites (N-methyl/N-ethyl adjacent to an activating group) is 1. The highest BCUT2D eigenvalue weighted by Gasteiger charge is 2.18. The molecule has 0 aliphatic heterocycles. The Kier molecular flexibility index (Phi) is 6.90. The highest BCUT2D eigenvalue weighted by Crippen LogP contribution is 2.26. The molecule has 6 heteroatoms. The fraction of sp³-hybridized carbons (Fsp3) is 0.556. The smallest absolute Gasteiger partial charge is 0.315 e. The molecule has 2 rings (SSSR count). The molecule has 1 aliphatic carbocycles. The topological polar surface area (TPSA) is 79.5 Å². The Labute approximate surface area is 143 Å².